The Hall–Kier alpha value is -1.50. The van der Waals surface area contributed by atoms with Crippen molar-refractivity contribution in [2.24, 2.45) is 18.0 Å². The zero-order valence-electron chi connectivity index (χ0n) is 13.4. The molecule has 0 saturated heterocycles. The van der Waals surface area contributed by atoms with E-state index >= 15 is 0 Å². The summed E-state index contributed by atoms with van der Waals surface area (Å²) in [6.45, 7) is 2.06. The van der Waals surface area contributed by atoms with E-state index in [1.807, 2.05) is 20.3 Å². The molecule has 1 amide bonds. The summed E-state index contributed by atoms with van der Waals surface area (Å²) in [6, 6.07) is 2.10. The molecule has 1 heterocycles. The van der Waals surface area contributed by atoms with Gasteiger partial charge in [0.25, 0.3) is 0 Å². The summed E-state index contributed by atoms with van der Waals surface area (Å²) in [6.07, 6.45) is 4.11. The van der Waals surface area contributed by atoms with Gasteiger partial charge in [-0.1, -0.05) is 0 Å². The molecule has 22 heavy (non-hydrogen) atoms. The van der Waals surface area contributed by atoms with Crippen molar-refractivity contribution in [2.45, 2.75) is 19.4 Å². The minimum Gasteiger partial charge on any atom is -0.354 e. The van der Waals surface area contributed by atoms with Crippen LogP contribution in [0.3, 0.4) is 0 Å². The van der Waals surface area contributed by atoms with Gasteiger partial charge in [-0.05, 0) is 34.8 Å². The minimum absolute atomic E-state index is 0.179. The molecule has 0 unspecified atom stereocenters. The van der Waals surface area contributed by atoms with E-state index in [1.54, 1.807) is 7.05 Å². The van der Waals surface area contributed by atoms with Crippen LogP contribution in [0, 0.1) is 5.92 Å². The lowest BCUT2D eigenvalue weighted by atomic mass is 10.4. The van der Waals surface area contributed by atoms with Gasteiger partial charge in [-0.2, -0.15) is 0 Å². The predicted octanol–water partition coefficient (Wildman–Crippen LogP) is 1.32. The average Bonchev–Trinajstić information content (AvgIpc) is 3.26. The summed E-state index contributed by atoms with van der Waals surface area (Å²) in [5.74, 6) is 1.26. The first-order valence-electron chi connectivity index (χ1n) is 7.51. The van der Waals surface area contributed by atoms with Crippen molar-refractivity contribution in [3.8, 4) is 0 Å². The van der Waals surface area contributed by atoms with Gasteiger partial charge in [0.15, 0.2) is 5.96 Å². The van der Waals surface area contributed by atoms with Crippen LogP contribution in [0.1, 0.15) is 18.5 Å². The van der Waals surface area contributed by atoms with Crippen molar-refractivity contribution in [3.63, 3.8) is 0 Å². The molecule has 1 aliphatic carbocycles. The second-order valence-electron chi connectivity index (χ2n) is 5.66. The second kappa shape index (κ2) is 7.67. The molecular formula is C15H24BrN5O. The lowest BCUT2D eigenvalue weighted by Gasteiger charge is -2.22. The van der Waals surface area contributed by atoms with Crippen molar-refractivity contribution in [2.75, 3.05) is 27.2 Å². The standard InChI is InChI=1S/C15H24BrN5O/c1-17-15(19-7-6-18-14(22)11-4-5-11)21(3)10-13-8-12(16)9-20(13)2/h8-9,11H,4-7,10H2,1-3H3,(H,17,19)(H,18,22). The molecule has 1 aliphatic rings. The summed E-state index contributed by atoms with van der Waals surface area (Å²) >= 11 is 3.48. The molecule has 0 aromatic carbocycles. The van der Waals surface area contributed by atoms with E-state index in [0.29, 0.717) is 13.1 Å². The van der Waals surface area contributed by atoms with Crippen LogP contribution in [-0.2, 0) is 18.4 Å². The molecule has 0 aliphatic heterocycles. The Balaban J connectivity index is 1.75. The van der Waals surface area contributed by atoms with Crippen LogP contribution in [0.25, 0.3) is 0 Å². The zero-order chi connectivity index (χ0) is 16.1. The highest BCUT2D eigenvalue weighted by molar-refractivity contribution is 9.10. The first-order valence-corrected chi connectivity index (χ1v) is 8.30. The number of hydrogen-bond donors (Lipinski definition) is 2. The lowest BCUT2D eigenvalue weighted by molar-refractivity contribution is -0.122. The molecule has 0 spiro atoms. The average molecular weight is 370 g/mol. The third kappa shape index (κ3) is 4.76. The van der Waals surface area contributed by atoms with Crippen LogP contribution in [-0.4, -0.2) is 48.5 Å². The van der Waals surface area contributed by atoms with Crippen molar-refractivity contribution in [1.29, 1.82) is 0 Å². The summed E-state index contributed by atoms with van der Waals surface area (Å²) < 4.78 is 3.16. The van der Waals surface area contributed by atoms with E-state index in [9.17, 15) is 4.79 Å². The first-order chi connectivity index (χ1) is 10.5. The number of amides is 1. The highest BCUT2D eigenvalue weighted by Crippen LogP contribution is 2.28. The summed E-state index contributed by atoms with van der Waals surface area (Å²) in [5, 5.41) is 6.21. The SMILES string of the molecule is CN=C(NCCNC(=O)C1CC1)N(C)Cc1cc(Br)cn1C. The Morgan fingerprint density at radius 2 is 2.14 bits per heavy atom. The van der Waals surface area contributed by atoms with Crippen LogP contribution in [0.2, 0.25) is 0 Å². The van der Waals surface area contributed by atoms with Crippen molar-refractivity contribution in [1.82, 2.24) is 20.1 Å². The molecular weight excluding hydrogens is 346 g/mol. The summed E-state index contributed by atoms with van der Waals surface area (Å²) in [7, 11) is 5.79. The van der Waals surface area contributed by atoms with E-state index in [-0.39, 0.29) is 11.8 Å². The normalized spacial score (nSPS) is 14.8. The lowest BCUT2D eigenvalue weighted by Crippen LogP contribution is -2.42. The number of hydrogen-bond acceptors (Lipinski definition) is 2. The van der Waals surface area contributed by atoms with Crippen LogP contribution in [0.5, 0.6) is 0 Å². The number of aliphatic imine (C=N–C) groups is 1. The van der Waals surface area contributed by atoms with Crippen LogP contribution >= 0.6 is 15.9 Å². The number of nitrogens with zero attached hydrogens (tertiary/aromatic N) is 3. The summed E-state index contributed by atoms with van der Waals surface area (Å²) in [4.78, 5) is 17.9. The largest absolute Gasteiger partial charge is 0.354 e. The van der Waals surface area contributed by atoms with Gasteiger partial charge in [0.1, 0.15) is 0 Å². The first kappa shape index (κ1) is 16.9. The van der Waals surface area contributed by atoms with Crippen molar-refractivity contribution >= 4 is 27.8 Å². The number of halogens is 1. The fraction of sp³-hybridized carbons (Fsp3) is 0.600. The van der Waals surface area contributed by atoms with Crippen LogP contribution in [0.4, 0.5) is 0 Å². The van der Waals surface area contributed by atoms with Gasteiger partial charge in [-0.25, -0.2) is 0 Å². The van der Waals surface area contributed by atoms with Gasteiger partial charge in [0.2, 0.25) is 5.91 Å². The van der Waals surface area contributed by atoms with Gasteiger partial charge < -0.3 is 20.1 Å². The molecule has 1 aromatic rings. The third-order valence-electron chi connectivity index (χ3n) is 3.70. The molecule has 1 saturated carbocycles. The van der Waals surface area contributed by atoms with Gasteiger partial charge in [-0.15, -0.1) is 0 Å². The smallest absolute Gasteiger partial charge is 0.223 e. The number of nitrogens with one attached hydrogen (secondary N) is 2. The fourth-order valence-corrected chi connectivity index (χ4v) is 2.85. The second-order valence-corrected chi connectivity index (χ2v) is 6.57. The number of aromatic nitrogens is 1. The maximum Gasteiger partial charge on any atom is 0.223 e. The molecule has 0 atom stereocenters. The number of aryl methyl sites for hydroxylation is 1. The number of rotatable bonds is 6. The third-order valence-corrected chi connectivity index (χ3v) is 4.14. The molecule has 2 N–H and O–H groups in total. The van der Waals surface area contributed by atoms with Crippen LogP contribution in [0.15, 0.2) is 21.7 Å². The van der Waals surface area contributed by atoms with Gasteiger partial charge in [-0.3, -0.25) is 9.79 Å². The molecule has 2 rings (SSSR count). The molecule has 6 nitrogen and oxygen atoms in total. The maximum atomic E-state index is 11.5. The highest BCUT2D eigenvalue weighted by Gasteiger charge is 2.28. The maximum absolute atomic E-state index is 11.5. The molecule has 0 bridgehead atoms. The molecule has 0 radical (unpaired) electrons. The Bertz CT molecular complexity index is 550. The zero-order valence-corrected chi connectivity index (χ0v) is 15.0. The predicted molar refractivity (Wildman–Crippen MR) is 91.7 cm³/mol. The van der Waals surface area contributed by atoms with E-state index < -0.39 is 0 Å². The molecule has 122 valence electrons. The molecule has 1 fully saturated rings. The van der Waals surface area contributed by atoms with E-state index in [4.69, 9.17) is 0 Å². The Labute approximate surface area is 140 Å². The van der Waals surface area contributed by atoms with Crippen molar-refractivity contribution in [3.05, 3.63) is 22.4 Å². The Morgan fingerprint density at radius 3 is 2.68 bits per heavy atom. The van der Waals surface area contributed by atoms with Gasteiger partial charge >= 0.3 is 0 Å². The van der Waals surface area contributed by atoms with Crippen molar-refractivity contribution < 1.29 is 4.79 Å². The summed E-state index contributed by atoms with van der Waals surface area (Å²) in [5.41, 5.74) is 1.19. The Morgan fingerprint density at radius 1 is 1.45 bits per heavy atom. The van der Waals surface area contributed by atoms with E-state index in [0.717, 1.165) is 29.8 Å². The minimum atomic E-state index is 0.179. The number of carbonyl (C=O) groups excluding carboxylic acids is 1. The topological polar surface area (TPSA) is 61.7 Å². The quantitative estimate of drug-likeness (QED) is 0.451. The van der Waals surface area contributed by atoms with Crippen LogP contribution < -0.4 is 10.6 Å². The van der Waals surface area contributed by atoms with Gasteiger partial charge in [0, 0.05) is 56.5 Å². The molecule has 1 aromatic heterocycles. The molecule has 7 heteroatoms. The number of guanidine groups is 1. The fourth-order valence-electron chi connectivity index (χ4n) is 2.28. The monoisotopic (exact) mass is 369 g/mol. The highest BCUT2D eigenvalue weighted by atomic mass is 79.9. The van der Waals surface area contributed by atoms with E-state index in [2.05, 4.69) is 47.1 Å². The Kier molecular flexibility index (Phi) is 5.88. The van der Waals surface area contributed by atoms with E-state index in [1.165, 1.54) is 5.69 Å². The van der Waals surface area contributed by atoms with Gasteiger partial charge in [0.05, 0.1) is 6.54 Å². The number of carbonyl (C=O) groups is 1.